The molecule has 1 aliphatic heterocycles. The molecule has 0 unspecified atom stereocenters. The Morgan fingerprint density at radius 2 is 1.79 bits per heavy atom. The Hall–Kier alpha value is -3.73. The van der Waals surface area contributed by atoms with Gasteiger partial charge in [-0.3, -0.25) is 9.36 Å². The highest BCUT2D eigenvalue weighted by Gasteiger charge is 2.23. The molecule has 29 heavy (non-hydrogen) atoms. The molecular formula is C21H21N7O. The molecule has 1 aliphatic rings. The SMILES string of the molecule is Cc1ncn(-c2cc(N3CCN(C(=O)c4cccc(C#N)c4)CC3)ncn2)c1C. The van der Waals surface area contributed by atoms with E-state index in [-0.39, 0.29) is 5.91 Å². The molecular weight excluding hydrogens is 366 g/mol. The van der Waals surface area contributed by atoms with Crippen LogP contribution in [0.4, 0.5) is 5.82 Å². The van der Waals surface area contributed by atoms with Crippen LogP contribution in [0.15, 0.2) is 43.0 Å². The van der Waals surface area contributed by atoms with E-state index in [1.807, 2.05) is 29.4 Å². The summed E-state index contributed by atoms with van der Waals surface area (Å²) in [4.78, 5) is 29.8. The highest BCUT2D eigenvalue weighted by Crippen LogP contribution is 2.19. The Kier molecular flexibility index (Phi) is 4.96. The first-order chi connectivity index (χ1) is 14.1. The van der Waals surface area contributed by atoms with Crippen LogP contribution in [0.2, 0.25) is 0 Å². The number of rotatable bonds is 3. The van der Waals surface area contributed by atoms with E-state index < -0.39 is 0 Å². The molecule has 146 valence electrons. The standard InChI is InChI=1S/C21H21N7O/c1-15-16(2)28(14-25-15)20-11-19(23-13-24-20)26-6-8-27(9-7-26)21(29)18-5-3-4-17(10-18)12-22/h3-5,10-11,13-14H,6-9H2,1-2H3. The maximum absolute atomic E-state index is 12.8. The molecule has 1 amide bonds. The lowest BCUT2D eigenvalue weighted by atomic mass is 10.1. The number of carbonyl (C=O) groups is 1. The molecule has 0 atom stereocenters. The predicted octanol–water partition coefficient (Wildman–Crippen LogP) is 2.11. The topological polar surface area (TPSA) is 90.9 Å². The number of imidazole rings is 1. The number of hydrogen-bond donors (Lipinski definition) is 0. The predicted molar refractivity (Wildman–Crippen MR) is 108 cm³/mol. The van der Waals surface area contributed by atoms with E-state index in [9.17, 15) is 4.79 Å². The van der Waals surface area contributed by atoms with Crippen LogP contribution < -0.4 is 4.90 Å². The fraction of sp³-hybridized carbons (Fsp3) is 0.286. The minimum absolute atomic E-state index is 0.0466. The Morgan fingerprint density at radius 1 is 1.03 bits per heavy atom. The maximum Gasteiger partial charge on any atom is 0.254 e. The van der Waals surface area contributed by atoms with E-state index >= 15 is 0 Å². The van der Waals surface area contributed by atoms with E-state index in [0.717, 1.165) is 23.0 Å². The first-order valence-electron chi connectivity index (χ1n) is 9.44. The monoisotopic (exact) mass is 387 g/mol. The Morgan fingerprint density at radius 3 is 2.48 bits per heavy atom. The second-order valence-electron chi connectivity index (χ2n) is 6.99. The third-order valence-corrected chi connectivity index (χ3v) is 5.27. The molecule has 0 aliphatic carbocycles. The van der Waals surface area contributed by atoms with Crippen LogP contribution in [-0.2, 0) is 0 Å². The van der Waals surface area contributed by atoms with Crippen molar-refractivity contribution in [2.45, 2.75) is 13.8 Å². The zero-order valence-corrected chi connectivity index (χ0v) is 16.4. The summed E-state index contributed by atoms with van der Waals surface area (Å²) in [6, 6.07) is 10.9. The number of benzene rings is 1. The fourth-order valence-corrected chi connectivity index (χ4v) is 3.41. The van der Waals surface area contributed by atoms with Crippen molar-refractivity contribution in [2.75, 3.05) is 31.1 Å². The minimum atomic E-state index is -0.0466. The normalized spacial score (nSPS) is 14.0. The van der Waals surface area contributed by atoms with Crippen molar-refractivity contribution in [1.82, 2.24) is 24.4 Å². The van der Waals surface area contributed by atoms with Gasteiger partial charge in [-0.15, -0.1) is 0 Å². The Balaban J connectivity index is 1.46. The van der Waals surface area contributed by atoms with Gasteiger partial charge in [0.25, 0.3) is 5.91 Å². The molecule has 0 saturated carbocycles. The van der Waals surface area contributed by atoms with Crippen molar-refractivity contribution in [3.8, 4) is 11.9 Å². The number of carbonyl (C=O) groups excluding carboxylic acids is 1. The quantitative estimate of drug-likeness (QED) is 0.684. The van der Waals surface area contributed by atoms with Gasteiger partial charge in [0.15, 0.2) is 0 Å². The van der Waals surface area contributed by atoms with E-state index in [2.05, 4.69) is 25.9 Å². The maximum atomic E-state index is 12.8. The van der Waals surface area contributed by atoms with Crippen LogP contribution in [0, 0.1) is 25.2 Å². The van der Waals surface area contributed by atoms with Gasteiger partial charge in [-0.05, 0) is 32.0 Å². The molecule has 3 heterocycles. The number of hydrogen-bond acceptors (Lipinski definition) is 6. The lowest BCUT2D eigenvalue weighted by Gasteiger charge is -2.35. The summed E-state index contributed by atoms with van der Waals surface area (Å²) in [5, 5.41) is 9.04. The van der Waals surface area contributed by atoms with Crippen molar-refractivity contribution in [3.05, 3.63) is 65.5 Å². The first-order valence-corrected chi connectivity index (χ1v) is 9.44. The largest absolute Gasteiger partial charge is 0.353 e. The summed E-state index contributed by atoms with van der Waals surface area (Å²) < 4.78 is 1.95. The van der Waals surface area contributed by atoms with Crippen molar-refractivity contribution in [1.29, 1.82) is 5.26 Å². The molecule has 3 aromatic rings. The lowest BCUT2D eigenvalue weighted by Crippen LogP contribution is -2.49. The van der Waals surface area contributed by atoms with Crippen LogP contribution in [0.1, 0.15) is 27.3 Å². The second kappa shape index (κ2) is 7.72. The van der Waals surface area contributed by atoms with Gasteiger partial charge in [0, 0.05) is 43.5 Å². The molecule has 4 rings (SSSR count). The van der Waals surface area contributed by atoms with E-state index in [1.165, 1.54) is 0 Å². The number of amides is 1. The third kappa shape index (κ3) is 3.67. The van der Waals surface area contributed by atoms with Crippen molar-refractivity contribution in [3.63, 3.8) is 0 Å². The summed E-state index contributed by atoms with van der Waals surface area (Å²) in [7, 11) is 0. The summed E-state index contributed by atoms with van der Waals surface area (Å²) in [6.07, 6.45) is 3.33. The van der Waals surface area contributed by atoms with Crippen molar-refractivity contribution in [2.24, 2.45) is 0 Å². The van der Waals surface area contributed by atoms with Gasteiger partial charge in [0.05, 0.1) is 17.3 Å². The average molecular weight is 387 g/mol. The minimum Gasteiger partial charge on any atom is -0.353 e. The van der Waals surface area contributed by atoms with Gasteiger partial charge < -0.3 is 9.80 Å². The Labute approximate surface area is 169 Å². The number of anilines is 1. The van der Waals surface area contributed by atoms with Crippen LogP contribution in [0.25, 0.3) is 5.82 Å². The molecule has 0 N–H and O–H groups in total. The molecule has 1 fully saturated rings. The molecule has 0 bridgehead atoms. The zero-order chi connectivity index (χ0) is 20.4. The van der Waals surface area contributed by atoms with Crippen LogP contribution in [0.5, 0.6) is 0 Å². The fourth-order valence-electron chi connectivity index (χ4n) is 3.41. The van der Waals surface area contributed by atoms with Crippen molar-refractivity contribution < 1.29 is 4.79 Å². The van der Waals surface area contributed by atoms with Gasteiger partial charge >= 0.3 is 0 Å². The summed E-state index contributed by atoms with van der Waals surface area (Å²) in [5.41, 5.74) is 3.06. The molecule has 0 spiro atoms. The smallest absolute Gasteiger partial charge is 0.254 e. The highest BCUT2D eigenvalue weighted by molar-refractivity contribution is 5.94. The van der Waals surface area contributed by atoms with E-state index in [4.69, 9.17) is 5.26 Å². The summed E-state index contributed by atoms with van der Waals surface area (Å²) in [5.74, 6) is 1.56. The molecule has 1 aromatic carbocycles. The van der Waals surface area contributed by atoms with Gasteiger partial charge in [-0.25, -0.2) is 15.0 Å². The zero-order valence-electron chi connectivity index (χ0n) is 16.4. The van der Waals surface area contributed by atoms with Crippen molar-refractivity contribution >= 4 is 11.7 Å². The average Bonchev–Trinajstić information content (AvgIpc) is 3.12. The molecule has 0 radical (unpaired) electrons. The van der Waals surface area contributed by atoms with E-state index in [1.54, 1.807) is 36.9 Å². The molecule has 8 nitrogen and oxygen atoms in total. The molecule has 2 aromatic heterocycles. The van der Waals surface area contributed by atoms with Gasteiger partial charge in [0.2, 0.25) is 0 Å². The third-order valence-electron chi connectivity index (χ3n) is 5.27. The number of nitrogens with zero attached hydrogens (tertiary/aromatic N) is 7. The highest BCUT2D eigenvalue weighted by atomic mass is 16.2. The Bertz CT molecular complexity index is 1090. The number of nitriles is 1. The number of piperazine rings is 1. The van der Waals surface area contributed by atoms with Gasteiger partial charge in [-0.2, -0.15) is 5.26 Å². The van der Waals surface area contributed by atoms with Crippen LogP contribution >= 0.6 is 0 Å². The van der Waals surface area contributed by atoms with Gasteiger partial charge in [0.1, 0.15) is 24.3 Å². The number of aromatic nitrogens is 4. The van der Waals surface area contributed by atoms with Crippen LogP contribution in [0.3, 0.4) is 0 Å². The second-order valence-corrected chi connectivity index (χ2v) is 6.99. The van der Waals surface area contributed by atoms with Crippen LogP contribution in [-0.4, -0.2) is 56.5 Å². The molecule has 8 heteroatoms. The number of aryl methyl sites for hydroxylation is 1. The van der Waals surface area contributed by atoms with Gasteiger partial charge in [-0.1, -0.05) is 6.07 Å². The summed E-state index contributed by atoms with van der Waals surface area (Å²) >= 11 is 0. The summed E-state index contributed by atoms with van der Waals surface area (Å²) in [6.45, 7) is 6.53. The van der Waals surface area contributed by atoms with E-state index in [0.29, 0.717) is 37.3 Å². The molecule has 1 saturated heterocycles. The first kappa shape index (κ1) is 18.6. The lowest BCUT2D eigenvalue weighted by molar-refractivity contribution is 0.0746.